The summed E-state index contributed by atoms with van der Waals surface area (Å²) in [5, 5.41) is 1.99. The molecule has 0 aliphatic carbocycles. The molecule has 0 saturated heterocycles. The number of carbonyl (C=O) groups is 1. The summed E-state index contributed by atoms with van der Waals surface area (Å²) in [6.45, 7) is 2.62. The van der Waals surface area contributed by atoms with Crippen LogP contribution in [0.4, 0.5) is 13.2 Å². The molecule has 0 bridgehead atoms. The molecule has 0 saturated carbocycles. The van der Waals surface area contributed by atoms with E-state index in [-0.39, 0.29) is 6.42 Å². The maximum absolute atomic E-state index is 12.4. The van der Waals surface area contributed by atoms with Gasteiger partial charge in [-0.25, -0.2) is 0 Å². The van der Waals surface area contributed by atoms with Gasteiger partial charge in [0.1, 0.15) is 11.5 Å². The average Bonchev–Trinajstić information content (AvgIpc) is 3.11. The van der Waals surface area contributed by atoms with E-state index >= 15 is 0 Å². The third kappa shape index (κ3) is 3.00. The first-order chi connectivity index (χ1) is 10.8. The molecule has 2 aliphatic rings. The Morgan fingerprint density at radius 2 is 1.83 bits per heavy atom. The van der Waals surface area contributed by atoms with Crippen molar-refractivity contribution in [2.75, 3.05) is 13.2 Å². The number of rotatable bonds is 3. The Balaban J connectivity index is 1.88. The Kier molecular flexibility index (Phi) is 4.20. The summed E-state index contributed by atoms with van der Waals surface area (Å²) in [4.78, 5) is 11.1. The van der Waals surface area contributed by atoms with Crippen molar-refractivity contribution < 1.29 is 27.4 Å². The van der Waals surface area contributed by atoms with Gasteiger partial charge in [0.15, 0.2) is 0 Å². The lowest BCUT2D eigenvalue weighted by molar-refractivity contribution is -0.174. The van der Waals surface area contributed by atoms with Gasteiger partial charge >= 0.3 is 12.1 Å². The summed E-state index contributed by atoms with van der Waals surface area (Å²) < 4.78 is 49.3. The predicted molar refractivity (Wildman–Crippen MR) is 79.9 cm³/mol. The first kappa shape index (κ1) is 16.4. The van der Waals surface area contributed by atoms with Crippen molar-refractivity contribution in [3.63, 3.8) is 0 Å². The first-order valence-corrected chi connectivity index (χ1v) is 8.07. The molecule has 0 spiro atoms. The zero-order valence-electron chi connectivity index (χ0n) is 12.3. The van der Waals surface area contributed by atoms with Gasteiger partial charge in [-0.1, -0.05) is 0 Å². The van der Waals surface area contributed by atoms with Crippen LogP contribution in [0.5, 0.6) is 11.5 Å². The number of benzene rings is 1. The van der Waals surface area contributed by atoms with Crippen LogP contribution in [0.3, 0.4) is 0 Å². The second-order valence-electron chi connectivity index (χ2n) is 5.68. The number of hydrogen-bond donors (Lipinski definition) is 1. The third-order valence-electron chi connectivity index (χ3n) is 3.99. The van der Waals surface area contributed by atoms with Gasteiger partial charge in [0.05, 0.1) is 17.7 Å². The number of ether oxygens (including phenoxy) is 2. The molecule has 2 aliphatic heterocycles. The van der Waals surface area contributed by atoms with Gasteiger partial charge < -0.3 is 14.8 Å². The van der Waals surface area contributed by atoms with Crippen molar-refractivity contribution >= 4 is 21.8 Å². The molecule has 126 valence electrons. The number of hydrogen-bond acceptors (Lipinski definition) is 3. The highest BCUT2D eigenvalue weighted by molar-refractivity contribution is 9.10. The lowest BCUT2D eigenvalue weighted by Crippen LogP contribution is -2.42. The number of nitrogens with one attached hydrogen (secondary N) is 1. The Hall–Kier alpha value is -1.44. The minimum absolute atomic E-state index is 0.267. The van der Waals surface area contributed by atoms with Crippen LogP contribution in [0.25, 0.3) is 0 Å². The fraction of sp³-hybridized carbons (Fsp3) is 0.533. The molecule has 1 N–H and O–H groups in total. The van der Waals surface area contributed by atoms with Gasteiger partial charge in [0, 0.05) is 35.6 Å². The number of amides is 1. The minimum atomic E-state index is -4.88. The highest BCUT2D eigenvalue weighted by atomic mass is 79.9. The first-order valence-electron chi connectivity index (χ1n) is 7.28. The zero-order valence-corrected chi connectivity index (χ0v) is 13.9. The van der Waals surface area contributed by atoms with Gasteiger partial charge in [0.2, 0.25) is 0 Å². The molecular weight excluding hydrogens is 379 g/mol. The van der Waals surface area contributed by atoms with Gasteiger partial charge in [0.25, 0.3) is 0 Å². The maximum atomic E-state index is 12.4. The third-order valence-corrected chi connectivity index (χ3v) is 4.83. The molecule has 2 heterocycles. The summed E-state index contributed by atoms with van der Waals surface area (Å²) in [5.41, 5.74) is 2.77. The molecule has 1 atom stereocenters. The highest BCUT2D eigenvalue weighted by Gasteiger charge is 2.39. The van der Waals surface area contributed by atoms with Gasteiger partial charge in [-0.2, -0.15) is 13.2 Å². The Labute approximate surface area is 139 Å². The van der Waals surface area contributed by atoms with Crippen molar-refractivity contribution in [3.8, 4) is 11.5 Å². The molecule has 0 radical (unpaired) electrons. The Bertz CT molecular complexity index is 625. The summed E-state index contributed by atoms with van der Waals surface area (Å²) >= 11 is 3.53. The van der Waals surface area contributed by atoms with Crippen LogP contribution in [-0.2, 0) is 24.1 Å². The summed E-state index contributed by atoms with van der Waals surface area (Å²) in [5.74, 6) is -0.458. The van der Waals surface area contributed by atoms with Crippen LogP contribution in [0, 0.1) is 0 Å². The molecule has 0 fully saturated rings. The standard InChI is InChI=1S/C15H15BrF3NO3/c1-7(20-14(21)15(17,18)19)6-10-8-2-4-23-13(8)11(16)9-3-5-22-12(9)10/h7H,2-6H2,1H3,(H,20,21). The normalized spacial score (nSPS) is 17.1. The van der Waals surface area contributed by atoms with E-state index < -0.39 is 18.1 Å². The van der Waals surface area contributed by atoms with Crippen LogP contribution in [-0.4, -0.2) is 31.3 Å². The highest BCUT2D eigenvalue weighted by Crippen LogP contribution is 2.47. The van der Waals surface area contributed by atoms with E-state index in [1.54, 1.807) is 6.92 Å². The van der Waals surface area contributed by atoms with Crippen molar-refractivity contribution in [2.45, 2.75) is 38.4 Å². The smallest absolute Gasteiger partial charge is 0.471 e. The SMILES string of the molecule is CC(Cc1c2c(c(Br)c3c1OCC3)OCC2)NC(=O)C(F)(F)F. The van der Waals surface area contributed by atoms with Crippen LogP contribution < -0.4 is 14.8 Å². The molecule has 1 unspecified atom stereocenters. The van der Waals surface area contributed by atoms with Gasteiger partial charge in [-0.3, -0.25) is 4.79 Å². The molecule has 1 amide bonds. The predicted octanol–water partition coefficient (Wildman–Crippen LogP) is 2.93. The fourth-order valence-electron chi connectivity index (χ4n) is 3.03. The van der Waals surface area contributed by atoms with E-state index in [0.717, 1.165) is 33.3 Å². The molecule has 8 heteroatoms. The van der Waals surface area contributed by atoms with Crippen LogP contribution in [0.15, 0.2) is 4.47 Å². The number of alkyl halides is 3. The summed E-state index contributed by atoms with van der Waals surface area (Å²) in [6.07, 6.45) is -3.21. The van der Waals surface area contributed by atoms with E-state index in [9.17, 15) is 18.0 Å². The van der Waals surface area contributed by atoms with E-state index in [4.69, 9.17) is 9.47 Å². The van der Waals surface area contributed by atoms with Gasteiger partial charge in [-0.05, 0) is 29.3 Å². The average molecular weight is 394 g/mol. The summed E-state index contributed by atoms with van der Waals surface area (Å²) in [6, 6.07) is -0.664. The second-order valence-corrected chi connectivity index (χ2v) is 6.47. The van der Waals surface area contributed by atoms with Crippen LogP contribution in [0.2, 0.25) is 0 Å². The van der Waals surface area contributed by atoms with Crippen molar-refractivity contribution in [1.82, 2.24) is 5.32 Å². The van der Waals surface area contributed by atoms with Crippen LogP contribution >= 0.6 is 15.9 Å². The molecule has 4 nitrogen and oxygen atoms in total. The fourth-order valence-corrected chi connectivity index (χ4v) is 3.76. The van der Waals surface area contributed by atoms with Crippen molar-refractivity contribution in [3.05, 3.63) is 21.2 Å². The molecule has 1 aromatic rings. The van der Waals surface area contributed by atoms with E-state index in [2.05, 4.69) is 15.9 Å². The van der Waals surface area contributed by atoms with Crippen molar-refractivity contribution in [1.29, 1.82) is 0 Å². The number of halogens is 4. The van der Waals surface area contributed by atoms with E-state index in [1.807, 2.05) is 5.32 Å². The van der Waals surface area contributed by atoms with E-state index in [0.29, 0.717) is 25.4 Å². The topological polar surface area (TPSA) is 47.6 Å². The monoisotopic (exact) mass is 393 g/mol. The Morgan fingerprint density at radius 3 is 2.48 bits per heavy atom. The maximum Gasteiger partial charge on any atom is 0.471 e. The second kappa shape index (κ2) is 5.89. The quantitative estimate of drug-likeness (QED) is 0.858. The molecule has 0 aromatic heterocycles. The Morgan fingerprint density at radius 1 is 1.22 bits per heavy atom. The summed E-state index contributed by atoms with van der Waals surface area (Å²) in [7, 11) is 0. The van der Waals surface area contributed by atoms with Crippen molar-refractivity contribution in [2.24, 2.45) is 0 Å². The number of fused-ring (bicyclic) bond motifs is 2. The minimum Gasteiger partial charge on any atom is -0.493 e. The lowest BCUT2D eigenvalue weighted by atomic mass is 9.95. The van der Waals surface area contributed by atoms with E-state index in [1.165, 1.54) is 0 Å². The largest absolute Gasteiger partial charge is 0.493 e. The number of carbonyl (C=O) groups excluding carboxylic acids is 1. The molecule has 23 heavy (non-hydrogen) atoms. The molecular formula is C15H15BrF3NO3. The zero-order chi connectivity index (χ0) is 16.8. The molecule has 1 aromatic carbocycles. The molecule has 3 rings (SSSR count). The van der Waals surface area contributed by atoms with Crippen LogP contribution in [0.1, 0.15) is 23.6 Å². The van der Waals surface area contributed by atoms with Gasteiger partial charge in [-0.15, -0.1) is 0 Å². The lowest BCUT2D eigenvalue weighted by Gasteiger charge is -2.19.